The fourth-order valence-corrected chi connectivity index (χ4v) is 4.02. The highest BCUT2D eigenvalue weighted by atomic mass is 35.5. The van der Waals surface area contributed by atoms with E-state index in [1.807, 2.05) is 0 Å². The lowest BCUT2D eigenvalue weighted by Crippen LogP contribution is -2.38. The van der Waals surface area contributed by atoms with Crippen LogP contribution in [0.2, 0.25) is 10.0 Å². The van der Waals surface area contributed by atoms with Crippen LogP contribution in [0.3, 0.4) is 0 Å². The molecule has 0 radical (unpaired) electrons. The van der Waals surface area contributed by atoms with Crippen molar-refractivity contribution in [2.45, 2.75) is 30.2 Å². The molecule has 1 atom stereocenters. The largest absolute Gasteiger partial charge is 0.481 e. The molecule has 0 saturated heterocycles. The first-order valence-corrected chi connectivity index (χ1v) is 8.34. The van der Waals surface area contributed by atoms with E-state index in [4.69, 9.17) is 28.3 Å². The van der Waals surface area contributed by atoms with Gasteiger partial charge in [-0.15, -0.1) is 0 Å². The molecule has 0 amide bonds. The summed E-state index contributed by atoms with van der Waals surface area (Å²) in [6.07, 6.45) is 1.17. The Balaban J connectivity index is 2.29. The second kappa shape index (κ2) is 6.08. The molecule has 21 heavy (non-hydrogen) atoms. The molecule has 1 aromatic rings. The molecular weight excluding hydrogens is 344 g/mol. The van der Waals surface area contributed by atoms with Crippen LogP contribution in [0.1, 0.15) is 19.3 Å². The number of carboxylic acids is 1. The number of benzene rings is 1. The summed E-state index contributed by atoms with van der Waals surface area (Å²) in [7, 11) is -4.12. The lowest BCUT2D eigenvalue weighted by atomic mass is 10.1. The lowest BCUT2D eigenvalue weighted by Gasteiger charge is -2.17. The molecule has 0 aromatic heterocycles. The molecule has 0 bridgehead atoms. The molecule has 0 aliphatic heterocycles. The fraction of sp³-hybridized carbons (Fsp3) is 0.417. The second-order valence-electron chi connectivity index (χ2n) is 4.84. The normalized spacial score (nSPS) is 16.7. The van der Waals surface area contributed by atoms with Crippen LogP contribution in [0.5, 0.6) is 0 Å². The van der Waals surface area contributed by atoms with Crippen molar-refractivity contribution in [1.29, 1.82) is 0 Å². The number of carboxylic acid groups (broad SMARTS) is 1. The third-order valence-corrected chi connectivity index (χ3v) is 5.49. The smallest absolute Gasteiger partial charge is 0.304 e. The van der Waals surface area contributed by atoms with E-state index in [1.165, 1.54) is 0 Å². The van der Waals surface area contributed by atoms with Crippen LogP contribution < -0.4 is 4.72 Å². The number of nitrogens with one attached hydrogen (secondary N) is 1. The minimum atomic E-state index is -4.12. The van der Waals surface area contributed by atoms with Crippen molar-refractivity contribution < 1.29 is 22.7 Å². The Morgan fingerprint density at radius 1 is 1.43 bits per heavy atom. The predicted molar refractivity (Wildman–Crippen MR) is 75.5 cm³/mol. The van der Waals surface area contributed by atoms with Gasteiger partial charge in [-0.3, -0.25) is 4.79 Å². The predicted octanol–water partition coefficient (Wildman–Crippen LogP) is 2.66. The van der Waals surface area contributed by atoms with Gasteiger partial charge in [0, 0.05) is 6.04 Å². The van der Waals surface area contributed by atoms with E-state index in [2.05, 4.69) is 4.72 Å². The molecule has 5 nitrogen and oxygen atoms in total. The molecular formula is C12H12Cl2FNO4S. The first kappa shape index (κ1) is 16.5. The highest BCUT2D eigenvalue weighted by Crippen LogP contribution is 2.36. The standard InChI is InChI=1S/C12H12Cl2FNO4S/c13-7-3-4-9(11(14)12(7)15)21(19,20)16-8(5-10(17)18)6-1-2-6/h3-4,6,8,16H,1-2,5H2,(H,17,18). The van der Waals surface area contributed by atoms with E-state index in [1.54, 1.807) is 0 Å². The number of sulfonamides is 1. The van der Waals surface area contributed by atoms with Gasteiger partial charge in [0.1, 0.15) is 4.90 Å². The Kier molecular flexibility index (Phi) is 4.77. The van der Waals surface area contributed by atoms with Gasteiger partial charge in [0.05, 0.1) is 16.5 Å². The Morgan fingerprint density at radius 2 is 2.05 bits per heavy atom. The summed E-state index contributed by atoms with van der Waals surface area (Å²) >= 11 is 11.2. The fourth-order valence-electron chi connectivity index (χ4n) is 1.97. The first-order chi connectivity index (χ1) is 9.72. The summed E-state index contributed by atoms with van der Waals surface area (Å²) in [6.45, 7) is 0. The monoisotopic (exact) mass is 355 g/mol. The van der Waals surface area contributed by atoms with E-state index < -0.39 is 37.8 Å². The Labute approximate surface area is 131 Å². The lowest BCUT2D eigenvalue weighted by molar-refractivity contribution is -0.137. The van der Waals surface area contributed by atoms with Crippen LogP contribution >= 0.6 is 23.2 Å². The third-order valence-electron chi connectivity index (χ3n) is 3.18. The van der Waals surface area contributed by atoms with Crippen molar-refractivity contribution >= 4 is 39.2 Å². The van der Waals surface area contributed by atoms with Crippen molar-refractivity contribution in [3.8, 4) is 0 Å². The quantitative estimate of drug-likeness (QED) is 0.768. The molecule has 116 valence electrons. The summed E-state index contributed by atoms with van der Waals surface area (Å²) in [5, 5.41) is 7.92. The van der Waals surface area contributed by atoms with Crippen molar-refractivity contribution in [3.63, 3.8) is 0 Å². The SMILES string of the molecule is O=C(O)CC(NS(=O)(=O)c1ccc(Cl)c(F)c1Cl)C1CC1. The summed E-state index contributed by atoms with van der Waals surface area (Å²) in [4.78, 5) is 10.3. The zero-order valence-electron chi connectivity index (χ0n) is 10.6. The average Bonchev–Trinajstić information content (AvgIpc) is 3.18. The summed E-state index contributed by atoms with van der Waals surface area (Å²) in [5.41, 5.74) is 0. The number of aliphatic carboxylic acids is 1. The van der Waals surface area contributed by atoms with Crippen molar-refractivity contribution in [2.24, 2.45) is 5.92 Å². The van der Waals surface area contributed by atoms with Crippen LogP contribution in [0.4, 0.5) is 4.39 Å². The zero-order chi connectivity index (χ0) is 15.8. The van der Waals surface area contributed by atoms with Gasteiger partial charge < -0.3 is 5.11 Å². The molecule has 9 heteroatoms. The van der Waals surface area contributed by atoms with Crippen LogP contribution in [0.15, 0.2) is 17.0 Å². The number of rotatable bonds is 6. The molecule has 1 aliphatic carbocycles. The number of hydrogen-bond donors (Lipinski definition) is 2. The van der Waals surface area contributed by atoms with Crippen LogP contribution in [-0.4, -0.2) is 25.5 Å². The van der Waals surface area contributed by atoms with Gasteiger partial charge in [0.15, 0.2) is 5.82 Å². The van der Waals surface area contributed by atoms with Crippen LogP contribution in [-0.2, 0) is 14.8 Å². The van der Waals surface area contributed by atoms with Gasteiger partial charge in [-0.05, 0) is 30.9 Å². The van der Waals surface area contributed by atoms with Crippen molar-refractivity contribution in [2.75, 3.05) is 0 Å². The van der Waals surface area contributed by atoms with Gasteiger partial charge in [-0.2, -0.15) is 0 Å². The maximum atomic E-state index is 13.6. The maximum Gasteiger partial charge on any atom is 0.304 e. The molecule has 1 unspecified atom stereocenters. The van der Waals surface area contributed by atoms with E-state index in [9.17, 15) is 17.6 Å². The molecule has 1 aliphatic rings. The molecule has 2 N–H and O–H groups in total. The number of carbonyl (C=O) groups is 1. The summed E-state index contributed by atoms with van der Waals surface area (Å²) < 4.78 is 40.4. The Morgan fingerprint density at radius 3 is 2.57 bits per heavy atom. The van der Waals surface area contributed by atoms with E-state index in [-0.39, 0.29) is 17.4 Å². The van der Waals surface area contributed by atoms with E-state index >= 15 is 0 Å². The molecule has 1 saturated carbocycles. The number of hydrogen-bond acceptors (Lipinski definition) is 3. The number of halogens is 3. The summed E-state index contributed by atoms with van der Waals surface area (Å²) in [5.74, 6) is -2.16. The van der Waals surface area contributed by atoms with Gasteiger partial charge in [0.2, 0.25) is 10.0 Å². The Hall–Kier alpha value is -0.890. The van der Waals surface area contributed by atoms with E-state index in [0.717, 1.165) is 25.0 Å². The molecule has 0 spiro atoms. The van der Waals surface area contributed by atoms with Crippen LogP contribution in [0, 0.1) is 11.7 Å². The Bertz CT molecular complexity index is 676. The van der Waals surface area contributed by atoms with Crippen molar-refractivity contribution in [1.82, 2.24) is 4.72 Å². The third kappa shape index (κ3) is 3.85. The topological polar surface area (TPSA) is 83.5 Å². The maximum absolute atomic E-state index is 13.6. The molecule has 0 heterocycles. The zero-order valence-corrected chi connectivity index (χ0v) is 13.0. The van der Waals surface area contributed by atoms with Gasteiger partial charge in [-0.25, -0.2) is 17.5 Å². The minimum absolute atomic E-state index is 0.0215. The first-order valence-electron chi connectivity index (χ1n) is 6.10. The van der Waals surface area contributed by atoms with Crippen molar-refractivity contribution in [3.05, 3.63) is 28.0 Å². The highest BCUT2D eigenvalue weighted by Gasteiger charge is 2.36. The summed E-state index contributed by atoms with van der Waals surface area (Å²) in [6, 6.07) is 1.43. The van der Waals surface area contributed by atoms with Gasteiger partial charge in [-0.1, -0.05) is 23.2 Å². The molecule has 1 aromatic carbocycles. The van der Waals surface area contributed by atoms with Gasteiger partial charge in [0.25, 0.3) is 0 Å². The highest BCUT2D eigenvalue weighted by molar-refractivity contribution is 7.89. The molecule has 2 rings (SSSR count). The second-order valence-corrected chi connectivity index (χ2v) is 7.30. The average molecular weight is 356 g/mol. The molecule has 1 fully saturated rings. The van der Waals surface area contributed by atoms with E-state index in [0.29, 0.717) is 0 Å². The minimum Gasteiger partial charge on any atom is -0.481 e. The van der Waals surface area contributed by atoms with Crippen LogP contribution in [0.25, 0.3) is 0 Å². The van der Waals surface area contributed by atoms with Gasteiger partial charge >= 0.3 is 5.97 Å².